The van der Waals surface area contributed by atoms with Gasteiger partial charge in [-0.15, -0.1) is 0 Å². The van der Waals surface area contributed by atoms with Crippen molar-refractivity contribution in [3.8, 4) is 11.3 Å². The van der Waals surface area contributed by atoms with Crippen molar-refractivity contribution in [3.63, 3.8) is 0 Å². The van der Waals surface area contributed by atoms with E-state index in [1.54, 1.807) is 6.20 Å². The zero-order valence-corrected chi connectivity index (χ0v) is 16.9. The lowest BCUT2D eigenvalue weighted by Crippen LogP contribution is -2.08. The number of hydrogen-bond donors (Lipinski definition) is 1. The molecule has 3 heterocycles. The van der Waals surface area contributed by atoms with Gasteiger partial charge in [0, 0.05) is 24.3 Å². The molecule has 0 spiro atoms. The Morgan fingerprint density at radius 3 is 2.62 bits per heavy atom. The first kappa shape index (κ1) is 19.1. The van der Waals surface area contributed by atoms with Crippen LogP contribution in [0.25, 0.3) is 22.3 Å². The molecule has 0 radical (unpaired) electrons. The first-order valence-electron chi connectivity index (χ1n) is 9.79. The zero-order chi connectivity index (χ0) is 20.4. The van der Waals surface area contributed by atoms with Crippen LogP contribution in [0.15, 0.2) is 55.1 Å². The standard InChI is InChI=1S/C23H24FN5/c1-15(2)29-14-27-22-21(29)11-20(18-10-19(24)13-25-12-18)28-23(22)26-9-8-17-6-4-16(3)5-7-17/h4-7,10-15H,8-9H2,1-3H3,(H,26,28). The van der Waals surface area contributed by atoms with E-state index in [-0.39, 0.29) is 11.9 Å². The second-order valence-electron chi connectivity index (χ2n) is 7.52. The van der Waals surface area contributed by atoms with Gasteiger partial charge < -0.3 is 9.88 Å². The van der Waals surface area contributed by atoms with Crippen LogP contribution in [0, 0.1) is 12.7 Å². The van der Waals surface area contributed by atoms with Gasteiger partial charge in [0.2, 0.25) is 0 Å². The number of aromatic nitrogens is 4. The molecule has 1 N–H and O–H groups in total. The molecule has 6 heteroatoms. The van der Waals surface area contributed by atoms with Gasteiger partial charge in [-0.3, -0.25) is 4.98 Å². The molecule has 5 nitrogen and oxygen atoms in total. The number of hydrogen-bond acceptors (Lipinski definition) is 4. The number of rotatable bonds is 6. The van der Waals surface area contributed by atoms with E-state index in [9.17, 15) is 4.39 Å². The van der Waals surface area contributed by atoms with Gasteiger partial charge in [0.15, 0.2) is 5.82 Å². The van der Waals surface area contributed by atoms with Crippen molar-refractivity contribution < 1.29 is 4.39 Å². The van der Waals surface area contributed by atoms with Gasteiger partial charge in [-0.05, 0) is 44.9 Å². The molecule has 4 rings (SSSR count). The van der Waals surface area contributed by atoms with Crippen molar-refractivity contribution in [2.24, 2.45) is 0 Å². The normalized spacial score (nSPS) is 11.3. The lowest BCUT2D eigenvalue weighted by atomic mass is 10.1. The molecule has 4 aromatic rings. The number of pyridine rings is 2. The Kier molecular flexibility index (Phi) is 5.25. The monoisotopic (exact) mass is 389 g/mol. The molecule has 0 fully saturated rings. The Bertz CT molecular complexity index is 1130. The summed E-state index contributed by atoms with van der Waals surface area (Å²) in [5.74, 6) is 0.323. The van der Waals surface area contributed by atoms with E-state index in [4.69, 9.17) is 4.98 Å². The maximum Gasteiger partial charge on any atom is 0.154 e. The van der Waals surface area contributed by atoms with Crippen molar-refractivity contribution in [1.29, 1.82) is 0 Å². The highest BCUT2D eigenvalue weighted by Crippen LogP contribution is 2.28. The van der Waals surface area contributed by atoms with Crippen LogP contribution in [0.1, 0.15) is 31.0 Å². The van der Waals surface area contributed by atoms with Gasteiger partial charge in [-0.2, -0.15) is 0 Å². The SMILES string of the molecule is Cc1ccc(CCNc2nc(-c3cncc(F)c3)cc3c2ncn3C(C)C)cc1. The predicted molar refractivity (Wildman–Crippen MR) is 114 cm³/mol. The first-order chi connectivity index (χ1) is 14.0. The molecule has 0 unspecified atom stereocenters. The predicted octanol–water partition coefficient (Wildman–Crippen LogP) is 5.18. The lowest BCUT2D eigenvalue weighted by Gasteiger charge is -2.12. The van der Waals surface area contributed by atoms with E-state index in [1.807, 2.05) is 12.4 Å². The minimum Gasteiger partial charge on any atom is -0.368 e. The van der Waals surface area contributed by atoms with E-state index in [2.05, 4.69) is 64.9 Å². The topological polar surface area (TPSA) is 55.6 Å². The average molecular weight is 389 g/mol. The molecule has 29 heavy (non-hydrogen) atoms. The molecule has 148 valence electrons. The molecule has 0 saturated heterocycles. The van der Waals surface area contributed by atoms with Crippen LogP contribution in [0.3, 0.4) is 0 Å². The van der Waals surface area contributed by atoms with Crippen LogP contribution in [-0.2, 0) is 6.42 Å². The van der Waals surface area contributed by atoms with Crippen molar-refractivity contribution in [2.75, 3.05) is 11.9 Å². The van der Waals surface area contributed by atoms with E-state index in [0.717, 1.165) is 24.0 Å². The van der Waals surface area contributed by atoms with Crippen LogP contribution in [0.2, 0.25) is 0 Å². The zero-order valence-electron chi connectivity index (χ0n) is 16.9. The van der Waals surface area contributed by atoms with Crippen molar-refractivity contribution in [3.05, 3.63) is 72.1 Å². The highest BCUT2D eigenvalue weighted by atomic mass is 19.1. The summed E-state index contributed by atoms with van der Waals surface area (Å²) in [6.45, 7) is 7.02. The molecule has 0 bridgehead atoms. The van der Waals surface area contributed by atoms with Gasteiger partial charge in [0.1, 0.15) is 11.3 Å². The van der Waals surface area contributed by atoms with Crippen LogP contribution in [0.4, 0.5) is 10.2 Å². The maximum absolute atomic E-state index is 13.7. The van der Waals surface area contributed by atoms with Crippen LogP contribution < -0.4 is 5.32 Å². The van der Waals surface area contributed by atoms with Gasteiger partial charge >= 0.3 is 0 Å². The number of nitrogens with one attached hydrogen (secondary N) is 1. The number of anilines is 1. The summed E-state index contributed by atoms with van der Waals surface area (Å²) < 4.78 is 15.8. The van der Waals surface area contributed by atoms with E-state index >= 15 is 0 Å². The van der Waals surface area contributed by atoms with E-state index in [1.165, 1.54) is 23.4 Å². The second-order valence-corrected chi connectivity index (χ2v) is 7.52. The fraction of sp³-hybridized carbons (Fsp3) is 0.261. The highest BCUT2D eigenvalue weighted by Gasteiger charge is 2.14. The quantitative estimate of drug-likeness (QED) is 0.494. The third-order valence-corrected chi connectivity index (χ3v) is 4.95. The fourth-order valence-corrected chi connectivity index (χ4v) is 3.35. The number of aryl methyl sites for hydroxylation is 1. The fourth-order valence-electron chi connectivity index (χ4n) is 3.35. The van der Waals surface area contributed by atoms with Crippen LogP contribution in [0.5, 0.6) is 0 Å². The Morgan fingerprint density at radius 2 is 1.90 bits per heavy atom. The first-order valence-corrected chi connectivity index (χ1v) is 9.79. The summed E-state index contributed by atoms with van der Waals surface area (Å²) in [5.41, 5.74) is 5.61. The molecule has 3 aromatic heterocycles. The van der Waals surface area contributed by atoms with E-state index < -0.39 is 0 Å². The molecule has 0 aliphatic rings. The summed E-state index contributed by atoms with van der Waals surface area (Å²) in [7, 11) is 0. The molecule has 0 amide bonds. The number of imidazole rings is 1. The molecule has 0 aliphatic carbocycles. The molecule has 1 aromatic carbocycles. The molecule has 0 aliphatic heterocycles. The maximum atomic E-state index is 13.7. The van der Waals surface area contributed by atoms with Gasteiger partial charge in [0.25, 0.3) is 0 Å². The average Bonchev–Trinajstić information content (AvgIpc) is 3.14. The summed E-state index contributed by atoms with van der Waals surface area (Å²) >= 11 is 0. The van der Waals surface area contributed by atoms with Gasteiger partial charge in [-0.1, -0.05) is 29.8 Å². The Balaban J connectivity index is 1.68. The summed E-state index contributed by atoms with van der Waals surface area (Å²) in [6, 6.07) is 12.2. The number of nitrogens with zero attached hydrogens (tertiary/aromatic N) is 4. The van der Waals surface area contributed by atoms with Crippen molar-refractivity contribution >= 4 is 16.9 Å². The second kappa shape index (κ2) is 7.99. The number of benzene rings is 1. The molecule has 0 atom stereocenters. The minimum absolute atomic E-state index is 0.251. The van der Waals surface area contributed by atoms with Crippen molar-refractivity contribution in [2.45, 2.75) is 33.2 Å². The van der Waals surface area contributed by atoms with Crippen LogP contribution in [-0.4, -0.2) is 26.1 Å². The third-order valence-electron chi connectivity index (χ3n) is 4.95. The molecular formula is C23H24FN5. The smallest absolute Gasteiger partial charge is 0.154 e. The Morgan fingerprint density at radius 1 is 1.10 bits per heavy atom. The summed E-state index contributed by atoms with van der Waals surface area (Å²) in [6.07, 6.45) is 5.53. The Hall–Kier alpha value is -3.28. The largest absolute Gasteiger partial charge is 0.368 e. The summed E-state index contributed by atoms with van der Waals surface area (Å²) in [4.78, 5) is 13.3. The lowest BCUT2D eigenvalue weighted by molar-refractivity contribution is 0.617. The molecular weight excluding hydrogens is 365 g/mol. The highest BCUT2D eigenvalue weighted by molar-refractivity contribution is 5.89. The Labute approximate surface area is 169 Å². The number of fused-ring (bicyclic) bond motifs is 1. The molecule has 0 saturated carbocycles. The van der Waals surface area contributed by atoms with Gasteiger partial charge in [0.05, 0.1) is 23.7 Å². The number of halogens is 1. The van der Waals surface area contributed by atoms with Gasteiger partial charge in [-0.25, -0.2) is 14.4 Å². The van der Waals surface area contributed by atoms with Crippen LogP contribution >= 0.6 is 0 Å². The minimum atomic E-state index is -0.379. The summed E-state index contributed by atoms with van der Waals surface area (Å²) in [5, 5.41) is 3.43. The van der Waals surface area contributed by atoms with Crippen molar-refractivity contribution in [1.82, 2.24) is 19.5 Å². The van der Waals surface area contributed by atoms with E-state index in [0.29, 0.717) is 17.1 Å². The third kappa shape index (κ3) is 4.11.